The summed E-state index contributed by atoms with van der Waals surface area (Å²) >= 11 is 0. The molecule has 2 unspecified atom stereocenters. The van der Waals surface area contributed by atoms with Crippen molar-refractivity contribution in [1.82, 2.24) is 10.2 Å². The third-order valence-electron chi connectivity index (χ3n) is 6.01. The number of likely N-dealkylation sites (tertiary alicyclic amines) is 1. The van der Waals surface area contributed by atoms with E-state index in [2.05, 4.69) is 39.2 Å². The highest BCUT2D eigenvalue weighted by atomic mass is 28.4. The van der Waals surface area contributed by atoms with E-state index in [0.29, 0.717) is 19.6 Å². The fourth-order valence-electron chi connectivity index (χ4n) is 3.19. The first-order valence-electron chi connectivity index (χ1n) is 11.3. The number of amides is 2. The van der Waals surface area contributed by atoms with E-state index < -0.39 is 20.0 Å². The van der Waals surface area contributed by atoms with Crippen molar-refractivity contribution >= 4 is 20.5 Å². The summed E-state index contributed by atoms with van der Waals surface area (Å²) in [4.78, 5) is 26.6. The lowest BCUT2D eigenvalue weighted by atomic mass is 10.1. The smallest absolute Gasteiger partial charge is 0.410 e. The Morgan fingerprint density at radius 1 is 1.06 bits per heavy atom. The second-order valence-electron chi connectivity index (χ2n) is 11.0. The predicted octanol–water partition coefficient (Wildman–Crippen LogP) is 5.17. The number of carbonyl (C=O) groups is 2. The van der Waals surface area contributed by atoms with Gasteiger partial charge in [-0.1, -0.05) is 51.1 Å². The molecule has 1 heterocycles. The number of nitrogens with zero attached hydrogens (tertiary/aromatic N) is 1. The maximum absolute atomic E-state index is 12.7. The van der Waals surface area contributed by atoms with Gasteiger partial charge in [-0.25, -0.2) is 9.59 Å². The average molecular weight is 465 g/mol. The molecule has 1 N–H and O–H groups in total. The van der Waals surface area contributed by atoms with Crippen LogP contribution >= 0.6 is 0 Å². The Balaban J connectivity index is 2.01. The molecule has 1 saturated heterocycles. The van der Waals surface area contributed by atoms with E-state index in [0.717, 1.165) is 5.56 Å². The zero-order valence-corrected chi connectivity index (χ0v) is 21.9. The number of benzene rings is 1. The molecule has 0 spiro atoms. The fourth-order valence-corrected chi connectivity index (χ4v) is 4.57. The Bertz CT molecular complexity index is 771. The lowest BCUT2D eigenvalue weighted by Crippen LogP contribution is -2.47. The zero-order valence-electron chi connectivity index (χ0n) is 20.9. The lowest BCUT2D eigenvalue weighted by Gasteiger charge is -2.39. The number of nitrogens with one attached hydrogen (secondary N) is 1. The summed E-state index contributed by atoms with van der Waals surface area (Å²) in [7, 11) is -2.06. The van der Waals surface area contributed by atoms with E-state index in [9.17, 15) is 9.59 Å². The quantitative estimate of drug-likeness (QED) is 0.588. The van der Waals surface area contributed by atoms with Crippen LogP contribution in [0.25, 0.3) is 0 Å². The normalized spacial score (nSPS) is 19.6. The summed E-state index contributed by atoms with van der Waals surface area (Å²) in [5, 5.41) is 2.89. The molecule has 1 aliphatic rings. The van der Waals surface area contributed by atoms with Gasteiger partial charge < -0.3 is 24.1 Å². The Hall–Kier alpha value is -2.06. The number of hydrogen-bond donors (Lipinski definition) is 1. The SMILES string of the molecule is CC(C)(C)OC(=O)N1CC(CNC(=O)OCc2ccccc2)C(O[Si](C)(C)C(C)(C)C)C1. The van der Waals surface area contributed by atoms with E-state index in [1.54, 1.807) is 4.90 Å². The van der Waals surface area contributed by atoms with E-state index in [1.807, 2.05) is 51.1 Å². The largest absolute Gasteiger partial charge is 0.445 e. The first-order chi connectivity index (χ1) is 14.7. The standard InChI is InChI=1S/C24H40N2O5Si/c1-23(2,3)30-22(28)26-15-19(20(16-26)31-32(7,8)24(4,5)6)14-25-21(27)29-17-18-12-10-9-11-13-18/h9-13,19-20H,14-17H2,1-8H3,(H,25,27). The third-order valence-corrected chi connectivity index (χ3v) is 10.5. The minimum atomic E-state index is -2.06. The molecule has 1 aromatic rings. The van der Waals surface area contributed by atoms with Crippen molar-refractivity contribution in [2.24, 2.45) is 5.92 Å². The van der Waals surface area contributed by atoms with Crippen LogP contribution in [0.1, 0.15) is 47.1 Å². The topological polar surface area (TPSA) is 77.1 Å². The fraction of sp³-hybridized carbons (Fsp3) is 0.667. The van der Waals surface area contributed by atoms with Gasteiger partial charge in [0.2, 0.25) is 0 Å². The van der Waals surface area contributed by atoms with Gasteiger partial charge in [0.25, 0.3) is 0 Å². The highest BCUT2D eigenvalue weighted by Crippen LogP contribution is 2.39. The molecule has 0 radical (unpaired) electrons. The van der Waals surface area contributed by atoms with Crippen molar-refractivity contribution in [2.75, 3.05) is 19.6 Å². The molecule has 8 heteroatoms. The number of alkyl carbamates (subject to hydrolysis) is 1. The molecule has 0 aromatic heterocycles. The van der Waals surface area contributed by atoms with Gasteiger partial charge >= 0.3 is 12.2 Å². The zero-order chi connectivity index (χ0) is 24.2. The van der Waals surface area contributed by atoms with Crippen molar-refractivity contribution in [3.05, 3.63) is 35.9 Å². The summed E-state index contributed by atoms with van der Waals surface area (Å²) in [5.74, 6) is -0.0408. The molecule has 1 aromatic carbocycles. The molecule has 1 aliphatic heterocycles. The molecule has 0 saturated carbocycles. The van der Waals surface area contributed by atoms with E-state index in [1.165, 1.54) is 0 Å². The predicted molar refractivity (Wildman–Crippen MR) is 128 cm³/mol. The molecule has 7 nitrogen and oxygen atoms in total. The lowest BCUT2D eigenvalue weighted by molar-refractivity contribution is 0.0272. The molecule has 0 aliphatic carbocycles. The highest BCUT2D eigenvalue weighted by molar-refractivity contribution is 6.74. The molecule has 2 atom stereocenters. The maximum atomic E-state index is 12.7. The minimum Gasteiger partial charge on any atom is -0.445 e. The van der Waals surface area contributed by atoms with E-state index in [-0.39, 0.29) is 29.8 Å². The monoisotopic (exact) mass is 464 g/mol. The Labute approximate surface area is 193 Å². The van der Waals surface area contributed by atoms with Gasteiger partial charge in [-0.05, 0) is 44.5 Å². The molecule has 2 rings (SSSR count). The van der Waals surface area contributed by atoms with Crippen molar-refractivity contribution < 1.29 is 23.5 Å². The average Bonchev–Trinajstić information content (AvgIpc) is 3.05. The second-order valence-corrected chi connectivity index (χ2v) is 15.8. The molecular weight excluding hydrogens is 424 g/mol. The molecule has 180 valence electrons. The summed E-state index contributed by atoms with van der Waals surface area (Å²) in [6.45, 7) is 18.0. The first kappa shape index (κ1) is 26.2. The van der Waals surface area contributed by atoms with Crippen molar-refractivity contribution in [1.29, 1.82) is 0 Å². The van der Waals surface area contributed by atoms with Gasteiger partial charge in [-0.3, -0.25) is 0 Å². The molecule has 32 heavy (non-hydrogen) atoms. The van der Waals surface area contributed by atoms with Crippen LogP contribution in [-0.4, -0.2) is 56.7 Å². The van der Waals surface area contributed by atoms with Gasteiger partial charge in [0.1, 0.15) is 12.2 Å². The van der Waals surface area contributed by atoms with Crippen LogP contribution in [0.3, 0.4) is 0 Å². The summed E-state index contributed by atoms with van der Waals surface area (Å²) in [6, 6.07) is 9.55. The number of rotatable bonds is 6. The summed E-state index contributed by atoms with van der Waals surface area (Å²) < 4.78 is 17.5. The minimum absolute atomic E-state index is 0.0406. The van der Waals surface area contributed by atoms with Crippen LogP contribution in [0.4, 0.5) is 9.59 Å². The summed E-state index contributed by atoms with van der Waals surface area (Å²) in [6.07, 6.45) is -0.996. The molecule has 0 bridgehead atoms. The van der Waals surface area contributed by atoms with Crippen LogP contribution in [0.15, 0.2) is 30.3 Å². The van der Waals surface area contributed by atoms with Crippen LogP contribution in [-0.2, 0) is 20.5 Å². The van der Waals surface area contributed by atoms with Crippen LogP contribution in [0, 0.1) is 5.92 Å². The molecular formula is C24H40N2O5Si. The van der Waals surface area contributed by atoms with E-state index >= 15 is 0 Å². The van der Waals surface area contributed by atoms with Gasteiger partial charge in [0.15, 0.2) is 8.32 Å². The number of carbonyl (C=O) groups excluding carboxylic acids is 2. The molecule has 1 fully saturated rings. The Morgan fingerprint density at radius 2 is 1.69 bits per heavy atom. The summed E-state index contributed by atoms with van der Waals surface area (Å²) in [5.41, 5.74) is 0.364. The highest BCUT2D eigenvalue weighted by Gasteiger charge is 2.45. The second kappa shape index (κ2) is 10.3. The van der Waals surface area contributed by atoms with Crippen molar-refractivity contribution in [3.8, 4) is 0 Å². The number of hydrogen-bond acceptors (Lipinski definition) is 5. The van der Waals surface area contributed by atoms with Crippen molar-refractivity contribution in [2.45, 2.75) is 78.0 Å². The van der Waals surface area contributed by atoms with E-state index in [4.69, 9.17) is 13.9 Å². The van der Waals surface area contributed by atoms with Crippen LogP contribution in [0.2, 0.25) is 18.1 Å². The van der Waals surface area contributed by atoms with Gasteiger partial charge in [-0.15, -0.1) is 0 Å². The van der Waals surface area contributed by atoms with Crippen LogP contribution in [0.5, 0.6) is 0 Å². The molecule has 2 amide bonds. The van der Waals surface area contributed by atoms with Gasteiger partial charge in [0.05, 0.1) is 6.10 Å². The first-order valence-corrected chi connectivity index (χ1v) is 14.2. The maximum Gasteiger partial charge on any atom is 0.410 e. The van der Waals surface area contributed by atoms with Gasteiger partial charge in [0, 0.05) is 25.6 Å². The third kappa shape index (κ3) is 7.81. The van der Waals surface area contributed by atoms with Crippen LogP contribution < -0.4 is 5.32 Å². The Kier molecular flexibility index (Phi) is 8.39. The number of ether oxygens (including phenoxy) is 2. The Morgan fingerprint density at radius 3 is 2.25 bits per heavy atom. The van der Waals surface area contributed by atoms with Crippen molar-refractivity contribution in [3.63, 3.8) is 0 Å². The van der Waals surface area contributed by atoms with Gasteiger partial charge in [-0.2, -0.15) is 0 Å².